The number of carbonyl (C=O) groups is 1. The van der Waals surface area contributed by atoms with E-state index in [9.17, 15) is 9.18 Å². The molecule has 1 aromatic carbocycles. The molecule has 4 heteroatoms. The van der Waals surface area contributed by atoms with E-state index in [-0.39, 0.29) is 17.6 Å². The third-order valence-electron chi connectivity index (χ3n) is 4.14. The van der Waals surface area contributed by atoms with Crippen LogP contribution in [0.3, 0.4) is 0 Å². The number of likely N-dealkylation sites (tertiary alicyclic amines) is 1. The quantitative estimate of drug-likeness (QED) is 0.818. The summed E-state index contributed by atoms with van der Waals surface area (Å²) in [5, 5.41) is 3.01. The molecule has 1 aliphatic rings. The van der Waals surface area contributed by atoms with Crippen LogP contribution in [0.1, 0.15) is 38.2 Å². The van der Waals surface area contributed by atoms with Crippen LogP contribution >= 0.6 is 0 Å². The Bertz CT molecular complexity index is 456. The Morgan fingerprint density at radius 2 is 2.05 bits per heavy atom. The molecule has 0 unspecified atom stereocenters. The fourth-order valence-electron chi connectivity index (χ4n) is 2.75. The third kappa shape index (κ3) is 4.81. The Morgan fingerprint density at radius 3 is 2.71 bits per heavy atom. The Labute approximate surface area is 126 Å². The van der Waals surface area contributed by atoms with Gasteiger partial charge in [0.25, 0.3) is 0 Å². The van der Waals surface area contributed by atoms with E-state index in [0.717, 1.165) is 50.9 Å². The topological polar surface area (TPSA) is 32.3 Å². The molecule has 0 saturated carbocycles. The van der Waals surface area contributed by atoms with E-state index in [0.29, 0.717) is 6.54 Å². The fraction of sp³-hybridized carbons (Fsp3) is 0.588. The van der Waals surface area contributed by atoms with Gasteiger partial charge in [-0.1, -0.05) is 31.5 Å². The highest BCUT2D eigenvalue weighted by Gasteiger charge is 2.24. The minimum atomic E-state index is -0.142. The predicted molar refractivity (Wildman–Crippen MR) is 82.3 cm³/mol. The third-order valence-corrected chi connectivity index (χ3v) is 4.14. The molecule has 1 aromatic rings. The van der Waals surface area contributed by atoms with Gasteiger partial charge in [-0.15, -0.1) is 0 Å². The van der Waals surface area contributed by atoms with Gasteiger partial charge in [0.2, 0.25) is 5.91 Å². The molecule has 0 atom stereocenters. The van der Waals surface area contributed by atoms with Crippen LogP contribution in [0.15, 0.2) is 24.3 Å². The number of piperidine rings is 1. The number of rotatable bonds is 6. The molecule has 1 saturated heterocycles. The molecule has 1 fully saturated rings. The summed E-state index contributed by atoms with van der Waals surface area (Å²) in [6.45, 7) is 5.26. The fourth-order valence-corrected chi connectivity index (χ4v) is 2.75. The van der Waals surface area contributed by atoms with Crippen molar-refractivity contribution in [3.05, 3.63) is 35.6 Å². The lowest BCUT2D eigenvalue weighted by atomic mass is 9.95. The van der Waals surface area contributed by atoms with Gasteiger partial charge in [-0.25, -0.2) is 4.39 Å². The van der Waals surface area contributed by atoms with E-state index in [1.54, 1.807) is 6.07 Å². The van der Waals surface area contributed by atoms with Gasteiger partial charge in [0, 0.05) is 24.6 Å². The minimum Gasteiger partial charge on any atom is -0.356 e. The summed E-state index contributed by atoms with van der Waals surface area (Å²) in [5.74, 6) is 0.171. The van der Waals surface area contributed by atoms with Crippen molar-refractivity contribution in [1.29, 1.82) is 0 Å². The molecular weight excluding hydrogens is 267 g/mol. The average Bonchev–Trinajstić information content (AvgIpc) is 2.50. The van der Waals surface area contributed by atoms with E-state index < -0.39 is 0 Å². The van der Waals surface area contributed by atoms with E-state index in [1.807, 2.05) is 12.1 Å². The smallest absolute Gasteiger partial charge is 0.223 e. The Kier molecular flexibility index (Phi) is 6.18. The molecule has 116 valence electrons. The van der Waals surface area contributed by atoms with Gasteiger partial charge in [-0.2, -0.15) is 0 Å². The number of unbranched alkanes of at least 4 members (excludes halogenated alkanes) is 1. The second kappa shape index (κ2) is 8.13. The summed E-state index contributed by atoms with van der Waals surface area (Å²) in [5.41, 5.74) is 0.739. The second-order valence-corrected chi connectivity index (χ2v) is 5.79. The molecule has 3 nitrogen and oxygen atoms in total. The number of benzene rings is 1. The lowest BCUT2D eigenvalue weighted by Gasteiger charge is -2.31. The lowest BCUT2D eigenvalue weighted by Crippen LogP contribution is -2.40. The molecule has 2 rings (SSSR count). The van der Waals surface area contributed by atoms with Crippen molar-refractivity contribution in [2.24, 2.45) is 5.92 Å². The summed E-state index contributed by atoms with van der Waals surface area (Å²) >= 11 is 0. The van der Waals surface area contributed by atoms with Gasteiger partial charge in [0.1, 0.15) is 5.82 Å². The molecule has 0 aromatic heterocycles. The van der Waals surface area contributed by atoms with Crippen molar-refractivity contribution >= 4 is 5.91 Å². The first-order chi connectivity index (χ1) is 10.2. The average molecular weight is 292 g/mol. The van der Waals surface area contributed by atoms with Crippen molar-refractivity contribution in [3.63, 3.8) is 0 Å². The zero-order valence-electron chi connectivity index (χ0n) is 12.8. The number of hydrogen-bond donors (Lipinski definition) is 1. The Balaban J connectivity index is 1.75. The first kappa shape index (κ1) is 16.0. The molecule has 1 N–H and O–H groups in total. The first-order valence-electron chi connectivity index (χ1n) is 7.94. The molecule has 0 bridgehead atoms. The van der Waals surface area contributed by atoms with Crippen molar-refractivity contribution in [2.75, 3.05) is 19.6 Å². The molecule has 0 radical (unpaired) electrons. The zero-order chi connectivity index (χ0) is 15.1. The van der Waals surface area contributed by atoms with Crippen molar-refractivity contribution in [3.8, 4) is 0 Å². The molecule has 1 heterocycles. The highest BCUT2D eigenvalue weighted by Crippen LogP contribution is 2.20. The predicted octanol–water partition coefficient (Wildman–Crippen LogP) is 2.95. The summed E-state index contributed by atoms with van der Waals surface area (Å²) in [6, 6.07) is 6.92. The maximum Gasteiger partial charge on any atom is 0.223 e. The van der Waals surface area contributed by atoms with E-state index in [1.165, 1.54) is 6.07 Å². The van der Waals surface area contributed by atoms with Crippen LogP contribution < -0.4 is 5.32 Å². The van der Waals surface area contributed by atoms with Crippen molar-refractivity contribution in [2.45, 2.75) is 39.2 Å². The van der Waals surface area contributed by atoms with Gasteiger partial charge in [0.15, 0.2) is 0 Å². The van der Waals surface area contributed by atoms with Gasteiger partial charge < -0.3 is 5.32 Å². The number of amides is 1. The molecule has 1 aliphatic heterocycles. The Hall–Kier alpha value is -1.42. The standard InChI is InChI=1S/C17H25FN2O/c1-2-3-10-19-17(21)14-8-11-20(12-9-14)13-15-6-4-5-7-16(15)18/h4-7,14H,2-3,8-13H2,1H3,(H,19,21). The first-order valence-corrected chi connectivity index (χ1v) is 7.94. The maximum atomic E-state index is 13.6. The summed E-state index contributed by atoms with van der Waals surface area (Å²) < 4.78 is 13.6. The van der Waals surface area contributed by atoms with Gasteiger partial charge in [-0.05, 0) is 38.4 Å². The summed E-state index contributed by atoms with van der Waals surface area (Å²) in [7, 11) is 0. The van der Waals surface area contributed by atoms with E-state index >= 15 is 0 Å². The second-order valence-electron chi connectivity index (χ2n) is 5.79. The van der Waals surface area contributed by atoms with Crippen LogP contribution in [0.4, 0.5) is 4.39 Å². The molecule has 21 heavy (non-hydrogen) atoms. The number of nitrogens with one attached hydrogen (secondary N) is 1. The van der Waals surface area contributed by atoms with Crippen molar-refractivity contribution < 1.29 is 9.18 Å². The maximum absolute atomic E-state index is 13.6. The molecule has 1 amide bonds. The highest BCUT2D eigenvalue weighted by atomic mass is 19.1. The normalized spacial score (nSPS) is 16.9. The minimum absolute atomic E-state index is 0.124. The van der Waals surface area contributed by atoms with Gasteiger partial charge in [-0.3, -0.25) is 9.69 Å². The summed E-state index contributed by atoms with van der Waals surface area (Å²) in [6.07, 6.45) is 3.87. The largest absolute Gasteiger partial charge is 0.356 e. The van der Waals surface area contributed by atoms with Crippen molar-refractivity contribution in [1.82, 2.24) is 10.2 Å². The number of nitrogens with zero attached hydrogens (tertiary/aromatic N) is 1. The van der Waals surface area contributed by atoms with Crippen LogP contribution in [0.5, 0.6) is 0 Å². The number of hydrogen-bond acceptors (Lipinski definition) is 2. The summed E-state index contributed by atoms with van der Waals surface area (Å²) in [4.78, 5) is 14.2. The number of halogens is 1. The zero-order valence-corrected chi connectivity index (χ0v) is 12.8. The van der Waals surface area contributed by atoms with Crippen LogP contribution in [0.2, 0.25) is 0 Å². The molecule has 0 aliphatic carbocycles. The van der Waals surface area contributed by atoms with E-state index in [4.69, 9.17) is 0 Å². The van der Waals surface area contributed by atoms with Gasteiger partial charge >= 0.3 is 0 Å². The molecule has 0 spiro atoms. The van der Waals surface area contributed by atoms with Crippen LogP contribution in [-0.4, -0.2) is 30.4 Å². The lowest BCUT2D eigenvalue weighted by molar-refractivity contribution is -0.126. The van der Waals surface area contributed by atoms with Crippen LogP contribution in [0, 0.1) is 11.7 Å². The Morgan fingerprint density at radius 1 is 1.33 bits per heavy atom. The highest BCUT2D eigenvalue weighted by molar-refractivity contribution is 5.78. The van der Waals surface area contributed by atoms with Crippen LogP contribution in [0.25, 0.3) is 0 Å². The monoisotopic (exact) mass is 292 g/mol. The van der Waals surface area contributed by atoms with Crippen LogP contribution in [-0.2, 0) is 11.3 Å². The SMILES string of the molecule is CCCCNC(=O)C1CCN(Cc2ccccc2F)CC1. The number of carbonyl (C=O) groups excluding carboxylic acids is 1. The van der Waals surface area contributed by atoms with Gasteiger partial charge in [0.05, 0.1) is 0 Å². The van der Waals surface area contributed by atoms with E-state index in [2.05, 4.69) is 17.1 Å². The molecular formula is C17H25FN2O.